The molecule has 3 atom stereocenters. The number of halogens is 1. The molecule has 2 aliphatic heterocycles. The zero-order chi connectivity index (χ0) is 22.0. The minimum Gasteiger partial charge on any atom is -0.371 e. The van der Waals surface area contributed by atoms with Gasteiger partial charge in [0, 0.05) is 18.7 Å². The van der Waals surface area contributed by atoms with Gasteiger partial charge in [-0.15, -0.1) is 0 Å². The second kappa shape index (κ2) is 8.85. The third kappa shape index (κ3) is 4.44. The number of piperazine rings is 2. The average Bonchev–Trinajstić information content (AvgIpc) is 2.79. The molecule has 2 fully saturated rings. The molecule has 0 bridgehead atoms. The van der Waals surface area contributed by atoms with Crippen molar-refractivity contribution < 1.29 is 23.5 Å². The van der Waals surface area contributed by atoms with Crippen molar-refractivity contribution in [2.24, 2.45) is 0 Å². The largest absolute Gasteiger partial charge is 0.371 e. The van der Waals surface area contributed by atoms with Crippen LogP contribution in [0, 0.1) is 5.82 Å². The zero-order valence-corrected chi connectivity index (χ0v) is 17.2. The minimum absolute atomic E-state index is 0.0683. The molecule has 2 aliphatic rings. The van der Waals surface area contributed by atoms with E-state index in [9.17, 15) is 18.8 Å². The molecule has 0 radical (unpaired) electrons. The lowest BCUT2D eigenvalue weighted by Crippen LogP contribution is -2.71. The van der Waals surface area contributed by atoms with E-state index in [1.165, 1.54) is 34.1 Å². The van der Waals surface area contributed by atoms with E-state index in [2.05, 4.69) is 5.32 Å². The van der Waals surface area contributed by atoms with Crippen LogP contribution in [-0.2, 0) is 20.9 Å². The van der Waals surface area contributed by atoms with Crippen LogP contribution in [0.1, 0.15) is 22.8 Å². The lowest BCUT2D eigenvalue weighted by atomic mass is 10.0. The summed E-state index contributed by atoms with van der Waals surface area (Å²) < 4.78 is 19.3. The van der Waals surface area contributed by atoms with Gasteiger partial charge < -0.3 is 19.9 Å². The highest BCUT2D eigenvalue weighted by atomic mass is 19.1. The molecule has 3 amide bonds. The summed E-state index contributed by atoms with van der Waals surface area (Å²) in [5, 5.41) is 2.76. The van der Waals surface area contributed by atoms with Crippen molar-refractivity contribution in [1.29, 1.82) is 0 Å². The number of nitrogens with zero attached hydrogens (tertiary/aromatic N) is 2. The molecule has 31 heavy (non-hydrogen) atoms. The van der Waals surface area contributed by atoms with E-state index in [-0.39, 0.29) is 42.9 Å². The van der Waals surface area contributed by atoms with E-state index in [0.29, 0.717) is 6.61 Å². The quantitative estimate of drug-likeness (QED) is 0.789. The Bertz CT molecular complexity index is 984. The highest BCUT2D eigenvalue weighted by Crippen LogP contribution is 2.21. The molecule has 8 heteroatoms. The number of carbonyl (C=O) groups excluding carboxylic acids is 3. The molecule has 1 N–H and O–H groups in total. The Kier molecular flexibility index (Phi) is 5.99. The smallest absolute Gasteiger partial charge is 0.254 e. The third-order valence-corrected chi connectivity index (χ3v) is 5.71. The van der Waals surface area contributed by atoms with Crippen LogP contribution in [0.15, 0.2) is 54.6 Å². The summed E-state index contributed by atoms with van der Waals surface area (Å²) in [6, 6.07) is 13.5. The molecular formula is C23H24FN3O4. The topological polar surface area (TPSA) is 79.0 Å². The Balaban J connectivity index is 1.40. The SMILES string of the molecule is CC(OCc1ccccc1)C1NC(=O)C2CN(C(=O)c3cccc(F)c3)CCN2C1=O. The van der Waals surface area contributed by atoms with Gasteiger partial charge in [0.25, 0.3) is 5.91 Å². The highest BCUT2D eigenvalue weighted by molar-refractivity contribution is 5.99. The first kappa shape index (κ1) is 21.0. The summed E-state index contributed by atoms with van der Waals surface area (Å²) in [5.41, 5.74) is 1.20. The number of hydrogen-bond donors (Lipinski definition) is 1. The van der Waals surface area contributed by atoms with Crippen LogP contribution >= 0.6 is 0 Å². The second-order valence-corrected chi connectivity index (χ2v) is 7.80. The van der Waals surface area contributed by atoms with Crippen LogP contribution < -0.4 is 5.32 Å². The molecule has 0 aliphatic carbocycles. The number of ether oxygens (including phenoxy) is 1. The predicted octanol–water partition coefficient (Wildman–Crippen LogP) is 1.58. The molecular weight excluding hydrogens is 401 g/mol. The lowest BCUT2D eigenvalue weighted by molar-refractivity contribution is -0.156. The summed E-state index contributed by atoms with van der Waals surface area (Å²) in [7, 11) is 0. The lowest BCUT2D eigenvalue weighted by Gasteiger charge is -2.46. The van der Waals surface area contributed by atoms with Gasteiger partial charge in [0.05, 0.1) is 19.3 Å². The summed E-state index contributed by atoms with van der Waals surface area (Å²) in [6.45, 7) is 2.67. The van der Waals surface area contributed by atoms with Gasteiger partial charge in [-0.05, 0) is 30.7 Å². The van der Waals surface area contributed by atoms with Crippen molar-refractivity contribution in [3.63, 3.8) is 0 Å². The number of carbonyl (C=O) groups is 3. The van der Waals surface area contributed by atoms with Gasteiger partial charge in [-0.3, -0.25) is 14.4 Å². The van der Waals surface area contributed by atoms with E-state index >= 15 is 0 Å². The number of benzene rings is 2. The Hall–Kier alpha value is -3.26. The van der Waals surface area contributed by atoms with E-state index in [4.69, 9.17) is 4.74 Å². The van der Waals surface area contributed by atoms with Gasteiger partial charge in [0.15, 0.2) is 0 Å². The summed E-state index contributed by atoms with van der Waals surface area (Å²) in [6.07, 6.45) is -0.510. The van der Waals surface area contributed by atoms with E-state index in [1.807, 2.05) is 30.3 Å². The molecule has 2 aromatic rings. The summed E-state index contributed by atoms with van der Waals surface area (Å²) in [4.78, 5) is 41.5. The van der Waals surface area contributed by atoms with Crippen molar-refractivity contribution in [2.75, 3.05) is 19.6 Å². The number of hydrogen-bond acceptors (Lipinski definition) is 4. The van der Waals surface area contributed by atoms with Crippen molar-refractivity contribution in [3.05, 3.63) is 71.5 Å². The molecule has 0 saturated carbocycles. The first-order chi connectivity index (χ1) is 14.9. The monoisotopic (exact) mass is 425 g/mol. The van der Waals surface area contributed by atoms with E-state index in [0.717, 1.165) is 5.56 Å². The Labute approximate surface area is 179 Å². The van der Waals surface area contributed by atoms with Gasteiger partial charge in [0.1, 0.15) is 17.9 Å². The van der Waals surface area contributed by atoms with Crippen molar-refractivity contribution in [2.45, 2.75) is 31.7 Å². The average molecular weight is 425 g/mol. The highest BCUT2D eigenvalue weighted by Gasteiger charge is 2.46. The maximum absolute atomic E-state index is 13.5. The fraction of sp³-hybridized carbons (Fsp3) is 0.348. The predicted molar refractivity (Wildman–Crippen MR) is 110 cm³/mol. The summed E-state index contributed by atoms with van der Waals surface area (Å²) >= 11 is 0. The fourth-order valence-electron chi connectivity index (χ4n) is 3.97. The van der Waals surface area contributed by atoms with Gasteiger partial charge in [-0.1, -0.05) is 36.4 Å². The maximum atomic E-state index is 13.5. The van der Waals surface area contributed by atoms with Crippen molar-refractivity contribution >= 4 is 17.7 Å². The van der Waals surface area contributed by atoms with Gasteiger partial charge >= 0.3 is 0 Å². The number of rotatable bonds is 5. The second-order valence-electron chi connectivity index (χ2n) is 7.80. The van der Waals surface area contributed by atoms with E-state index < -0.39 is 24.0 Å². The van der Waals surface area contributed by atoms with Gasteiger partial charge in [-0.25, -0.2) is 4.39 Å². The Morgan fingerprint density at radius 3 is 2.68 bits per heavy atom. The van der Waals surface area contributed by atoms with Gasteiger partial charge in [-0.2, -0.15) is 0 Å². The van der Waals surface area contributed by atoms with Crippen LogP contribution in [-0.4, -0.2) is 65.3 Å². The van der Waals surface area contributed by atoms with Crippen LogP contribution in [0.3, 0.4) is 0 Å². The number of amides is 3. The van der Waals surface area contributed by atoms with Crippen LogP contribution in [0.4, 0.5) is 4.39 Å². The first-order valence-electron chi connectivity index (χ1n) is 10.3. The Morgan fingerprint density at radius 1 is 1.16 bits per heavy atom. The maximum Gasteiger partial charge on any atom is 0.254 e. The Morgan fingerprint density at radius 2 is 1.94 bits per heavy atom. The molecule has 4 rings (SSSR count). The molecule has 2 heterocycles. The molecule has 2 saturated heterocycles. The number of fused-ring (bicyclic) bond motifs is 1. The van der Waals surface area contributed by atoms with Crippen molar-refractivity contribution in [1.82, 2.24) is 15.1 Å². The zero-order valence-electron chi connectivity index (χ0n) is 17.2. The molecule has 2 aromatic carbocycles. The summed E-state index contributed by atoms with van der Waals surface area (Å²) in [5.74, 6) is -1.40. The molecule has 0 aromatic heterocycles. The van der Waals surface area contributed by atoms with Crippen molar-refractivity contribution in [3.8, 4) is 0 Å². The molecule has 3 unspecified atom stereocenters. The van der Waals surface area contributed by atoms with Crippen LogP contribution in [0.25, 0.3) is 0 Å². The fourth-order valence-corrected chi connectivity index (χ4v) is 3.97. The van der Waals surface area contributed by atoms with Gasteiger partial charge in [0.2, 0.25) is 11.8 Å². The van der Waals surface area contributed by atoms with Crippen LogP contribution in [0.5, 0.6) is 0 Å². The number of nitrogens with one attached hydrogen (secondary N) is 1. The minimum atomic E-state index is -0.780. The molecule has 0 spiro atoms. The molecule has 162 valence electrons. The normalized spacial score (nSPS) is 22.0. The third-order valence-electron chi connectivity index (χ3n) is 5.71. The standard InChI is InChI=1S/C23H24FN3O4/c1-15(31-14-16-6-3-2-4-7-16)20-23(30)27-11-10-26(13-19(27)21(28)25-20)22(29)17-8-5-9-18(24)12-17/h2-9,12,15,19-20H,10-11,13-14H2,1H3,(H,25,28). The molecule has 7 nitrogen and oxygen atoms in total. The van der Waals surface area contributed by atoms with Crippen LogP contribution in [0.2, 0.25) is 0 Å². The first-order valence-corrected chi connectivity index (χ1v) is 10.3. The van der Waals surface area contributed by atoms with E-state index in [1.54, 1.807) is 6.92 Å².